The van der Waals surface area contributed by atoms with E-state index in [1.54, 1.807) is 37.3 Å². The maximum atomic E-state index is 13.4. The average Bonchev–Trinajstić information content (AvgIpc) is 3.02. The van der Waals surface area contributed by atoms with Gasteiger partial charge in [0, 0.05) is 16.6 Å². The van der Waals surface area contributed by atoms with Crippen molar-refractivity contribution in [2.24, 2.45) is 5.92 Å². The molecule has 0 spiro atoms. The van der Waals surface area contributed by atoms with Gasteiger partial charge in [0.15, 0.2) is 0 Å². The van der Waals surface area contributed by atoms with Crippen LogP contribution in [0.2, 0.25) is 0 Å². The third-order valence-electron chi connectivity index (χ3n) is 4.12. The van der Waals surface area contributed by atoms with Crippen LogP contribution in [0.15, 0.2) is 64.0 Å². The number of carbonyl (C=O) groups excluding carboxylic acids is 1. The molecule has 0 saturated carbocycles. The molecule has 0 aliphatic carbocycles. The van der Waals surface area contributed by atoms with E-state index in [-0.39, 0.29) is 11.4 Å². The van der Waals surface area contributed by atoms with Gasteiger partial charge in [-0.15, -0.1) is 11.3 Å². The van der Waals surface area contributed by atoms with Crippen molar-refractivity contribution in [1.29, 1.82) is 0 Å². The Hall–Kier alpha value is -1.90. The lowest BCUT2D eigenvalue weighted by Gasteiger charge is -2.25. The number of nitrogens with zero attached hydrogens (tertiary/aromatic N) is 1. The summed E-state index contributed by atoms with van der Waals surface area (Å²) in [5, 5.41) is 1.47. The van der Waals surface area contributed by atoms with Crippen LogP contribution in [-0.4, -0.2) is 28.0 Å². The predicted molar refractivity (Wildman–Crippen MR) is 112 cm³/mol. The molecule has 0 aliphatic heterocycles. The van der Waals surface area contributed by atoms with Gasteiger partial charge in [-0.1, -0.05) is 43.3 Å². The summed E-state index contributed by atoms with van der Waals surface area (Å²) < 4.78 is 34.5. The van der Waals surface area contributed by atoms with Crippen molar-refractivity contribution in [3.63, 3.8) is 0 Å². The number of esters is 1. The van der Waals surface area contributed by atoms with Crippen LogP contribution in [0.25, 0.3) is 10.1 Å². The third-order valence-corrected chi connectivity index (χ3v) is 8.27. The zero-order valence-electron chi connectivity index (χ0n) is 14.8. The summed E-state index contributed by atoms with van der Waals surface area (Å²) in [7, 11) is -2.56. The van der Waals surface area contributed by atoms with E-state index in [1.807, 2.05) is 24.3 Å². The summed E-state index contributed by atoms with van der Waals surface area (Å²) in [6.45, 7) is 1.63. The molecule has 0 aliphatic rings. The summed E-state index contributed by atoms with van der Waals surface area (Å²) in [5.41, 5.74) is 0. The normalized spacial score (nSPS) is 12.7. The molecule has 142 valence electrons. The van der Waals surface area contributed by atoms with Gasteiger partial charge in [-0.2, -0.15) is 0 Å². The van der Waals surface area contributed by atoms with Gasteiger partial charge in [0.25, 0.3) is 10.0 Å². The monoisotopic (exact) mass is 467 g/mol. The Bertz CT molecular complexity index is 1060. The van der Waals surface area contributed by atoms with E-state index in [4.69, 9.17) is 4.74 Å². The standard InChI is InChI=1S/C19H18BrNO4S2/c1-13(19(22)25-2)12-21(27(23,24)14-8-4-3-5-9-14)18-17(20)15-10-6-7-11-16(15)26-18/h3-11,13H,12H2,1-2H3/t13-/m0/s1. The van der Waals surface area contributed by atoms with Gasteiger partial charge in [0.05, 0.1) is 22.4 Å². The first-order valence-electron chi connectivity index (χ1n) is 8.19. The van der Waals surface area contributed by atoms with E-state index < -0.39 is 21.9 Å². The molecule has 3 aromatic rings. The quantitative estimate of drug-likeness (QED) is 0.494. The SMILES string of the molecule is COC(=O)[C@@H](C)CN(c1sc2ccccc2c1Br)S(=O)(=O)c1ccccc1. The molecular formula is C19H18BrNO4S2. The van der Waals surface area contributed by atoms with E-state index in [9.17, 15) is 13.2 Å². The number of hydrogen-bond donors (Lipinski definition) is 0. The van der Waals surface area contributed by atoms with Gasteiger partial charge in [-0.25, -0.2) is 8.42 Å². The average molecular weight is 468 g/mol. The van der Waals surface area contributed by atoms with E-state index in [1.165, 1.54) is 22.8 Å². The fourth-order valence-corrected chi connectivity index (χ4v) is 6.65. The highest BCUT2D eigenvalue weighted by Gasteiger charge is 2.32. The number of carbonyl (C=O) groups is 1. The second-order valence-corrected chi connectivity index (χ2v) is 9.68. The molecule has 0 radical (unpaired) electrons. The minimum Gasteiger partial charge on any atom is -0.469 e. The van der Waals surface area contributed by atoms with Crippen molar-refractivity contribution >= 4 is 58.3 Å². The second-order valence-electron chi connectivity index (χ2n) is 5.99. The molecule has 5 nitrogen and oxygen atoms in total. The largest absolute Gasteiger partial charge is 0.469 e. The number of thiophene rings is 1. The minimum absolute atomic E-state index is 0.0185. The van der Waals surface area contributed by atoms with Crippen LogP contribution in [0.4, 0.5) is 5.00 Å². The lowest BCUT2D eigenvalue weighted by Crippen LogP contribution is -2.37. The van der Waals surface area contributed by atoms with Gasteiger partial charge < -0.3 is 4.74 Å². The maximum absolute atomic E-state index is 13.4. The maximum Gasteiger partial charge on any atom is 0.310 e. The smallest absolute Gasteiger partial charge is 0.310 e. The second kappa shape index (κ2) is 8.00. The van der Waals surface area contributed by atoms with E-state index in [0.717, 1.165) is 10.1 Å². The number of hydrogen-bond acceptors (Lipinski definition) is 5. The molecule has 0 bridgehead atoms. The van der Waals surface area contributed by atoms with Gasteiger partial charge in [0.1, 0.15) is 5.00 Å². The van der Waals surface area contributed by atoms with Gasteiger partial charge in [0.2, 0.25) is 0 Å². The Balaban J connectivity index is 2.15. The number of ether oxygens (including phenoxy) is 1. The number of benzene rings is 2. The van der Waals surface area contributed by atoms with Crippen molar-refractivity contribution in [3.8, 4) is 0 Å². The minimum atomic E-state index is -3.86. The number of methoxy groups -OCH3 is 1. The molecule has 2 aromatic carbocycles. The van der Waals surface area contributed by atoms with Crippen molar-refractivity contribution < 1.29 is 17.9 Å². The van der Waals surface area contributed by atoms with Crippen LogP contribution in [0.3, 0.4) is 0 Å². The van der Waals surface area contributed by atoms with Crippen molar-refractivity contribution in [2.75, 3.05) is 18.0 Å². The molecule has 3 rings (SSSR count). The molecule has 1 atom stereocenters. The fourth-order valence-electron chi connectivity index (χ4n) is 2.70. The van der Waals surface area contributed by atoms with Crippen LogP contribution in [0.1, 0.15) is 6.92 Å². The molecule has 1 heterocycles. The van der Waals surface area contributed by atoms with Crippen LogP contribution >= 0.6 is 27.3 Å². The summed E-state index contributed by atoms with van der Waals surface area (Å²) >= 11 is 4.91. The molecule has 0 fully saturated rings. The van der Waals surface area contributed by atoms with Crippen molar-refractivity contribution in [2.45, 2.75) is 11.8 Å². The molecule has 8 heteroatoms. The molecule has 27 heavy (non-hydrogen) atoms. The first-order valence-corrected chi connectivity index (χ1v) is 11.2. The summed E-state index contributed by atoms with van der Waals surface area (Å²) in [6.07, 6.45) is 0. The Kier molecular flexibility index (Phi) is 5.88. The van der Waals surface area contributed by atoms with Gasteiger partial charge in [-0.05, 0) is 34.1 Å². The summed E-state index contributed by atoms with van der Waals surface area (Å²) in [5.74, 6) is -1.08. The summed E-state index contributed by atoms with van der Waals surface area (Å²) in [6, 6.07) is 15.9. The first kappa shape index (κ1) is 19.9. The predicted octanol–water partition coefficient (Wildman–Crippen LogP) is 4.67. The fraction of sp³-hybridized carbons (Fsp3) is 0.211. The van der Waals surface area contributed by atoms with Crippen molar-refractivity contribution in [3.05, 3.63) is 59.1 Å². The highest BCUT2D eigenvalue weighted by molar-refractivity contribution is 9.10. The van der Waals surface area contributed by atoms with Gasteiger partial charge >= 0.3 is 5.97 Å². The molecular weight excluding hydrogens is 450 g/mol. The Morgan fingerprint density at radius 1 is 1.15 bits per heavy atom. The number of anilines is 1. The molecule has 0 N–H and O–H groups in total. The highest BCUT2D eigenvalue weighted by atomic mass is 79.9. The topological polar surface area (TPSA) is 63.7 Å². The van der Waals surface area contributed by atoms with E-state index in [2.05, 4.69) is 15.9 Å². The first-order chi connectivity index (χ1) is 12.9. The Morgan fingerprint density at radius 3 is 2.41 bits per heavy atom. The lowest BCUT2D eigenvalue weighted by atomic mass is 10.2. The van der Waals surface area contributed by atoms with Crippen molar-refractivity contribution in [1.82, 2.24) is 0 Å². The van der Waals surface area contributed by atoms with Crippen LogP contribution in [-0.2, 0) is 19.6 Å². The number of sulfonamides is 1. The zero-order chi connectivity index (χ0) is 19.6. The molecule has 1 aromatic heterocycles. The molecule has 0 unspecified atom stereocenters. The van der Waals surface area contributed by atoms with Crippen LogP contribution in [0.5, 0.6) is 0 Å². The summed E-state index contributed by atoms with van der Waals surface area (Å²) in [4.78, 5) is 12.1. The highest BCUT2D eigenvalue weighted by Crippen LogP contribution is 2.44. The van der Waals surface area contributed by atoms with Gasteiger partial charge in [-0.3, -0.25) is 9.10 Å². The Labute approximate surface area is 170 Å². The third kappa shape index (κ3) is 3.88. The lowest BCUT2D eigenvalue weighted by molar-refractivity contribution is -0.144. The van der Waals surface area contributed by atoms with Crippen LogP contribution < -0.4 is 4.31 Å². The van der Waals surface area contributed by atoms with E-state index >= 15 is 0 Å². The Morgan fingerprint density at radius 2 is 1.78 bits per heavy atom. The number of rotatable bonds is 6. The van der Waals surface area contributed by atoms with Crippen LogP contribution in [0, 0.1) is 5.92 Å². The number of halogens is 1. The molecule has 0 amide bonds. The zero-order valence-corrected chi connectivity index (χ0v) is 18.0. The number of fused-ring (bicyclic) bond motifs is 1. The van der Waals surface area contributed by atoms with E-state index in [0.29, 0.717) is 9.47 Å². The molecule has 0 saturated heterocycles.